The van der Waals surface area contributed by atoms with Crippen LogP contribution in [0.4, 0.5) is 0 Å². The average Bonchev–Trinajstić information content (AvgIpc) is 2.83. The zero-order valence-electron chi connectivity index (χ0n) is 11.3. The second-order valence-electron chi connectivity index (χ2n) is 4.91. The van der Waals surface area contributed by atoms with Crippen LogP contribution in [0, 0.1) is 6.92 Å². The second kappa shape index (κ2) is 5.22. The highest BCUT2D eigenvalue weighted by Crippen LogP contribution is 2.33. The maximum Gasteiger partial charge on any atom is 0.307 e. The Morgan fingerprint density at radius 2 is 2.00 bits per heavy atom. The molecule has 0 atom stereocenters. The first-order valence-electron chi connectivity index (χ1n) is 6.41. The molecular weight excluding hydrogens is 290 g/mol. The lowest BCUT2D eigenvalue weighted by atomic mass is 10.0. The summed E-state index contributed by atoms with van der Waals surface area (Å²) in [6.07, 6.45) is -0.142. The van der Waals surface area contributed by atoms with Crippen LogP contribution in [0.2, 0.25) is 5.02 Å². The molecule has 0 bridgehead atoms. The molecule has 0 aliphatic rings. The highest BCUT2D eigenvalue weighted by atomic mass is 35.5. The van der Waals surface area contributed by atoms with Crippen LogP contribution >= 0.6 is 11.6 Å². The number of fused-ring (bicyclic) bond motifs is 1. The van der Waals surface area contributed by atoms with Crippen LogP contribution in [-0.2, 0) is 11.2 Å². The van der Waals surface area contributed by atoms with Crippen molar-refractivity contribution in [3.8, 4) is 11.3 Å². The molecule has 0 amide bonds. The number of halogens is 1. The molecule has 0 aliphatic heterocycles. The van der Waals surface area contributed by atoms with E-state index in [2.05, 4.69) is 5.16 Å². The predicted molar refractivity (Wildman–Crippen MR) is 80.5 cm³/mol. The Hall–Kier alpha value is -2.33. The zero-order valence-corrected chi connectivity index (χ0v) is 12.0. The van der Waals surface area contributed by atoms with Crippen molar-refractivity contribution in [1.82, 2.24) is 5.16 Å². The van der Waals surface area contributed by atoms with E-state index in [9.17, 15) is 4.79 Å². The highest BCUT2D eigenvalue weighted by molar-refractivity contribution is 6.31. The SMILES string of the molecule is Cc1ccc(-c2onc3c(CC(=O)O)cc(Cl)cc23)cc1. The van der Waals surface area contributed by atoms with Crippen LogP contribution in [0.3, 0.4) is 0 Å². The van der Waals surface area contributed by atoms with Crippen molar-refractivity contribution in [2.75, 3.05) is 0 Å². The van der Waals surface area contributed by atoms with Gasteiger partial charge in [0.15, 0.2) is 5.76 Å². The minimum absolute atomic E-state index is 0.142. The van der Waals surface area contributed by atoms with Crippen molar-refractivity contribution in [2.45, 2.75) is 13.3 Å². The van der Waals surface area contributed by atoms with E-state index >= 15 is 0 Å². The summed E-state index contributed by atoms with van der Waals surface area (Å²) in [7, 11) is 0. The van der Waals surface area contributed by atoms with E-state index in [-0.39, 0.29) is 6.42 Å². The Morgan fingerprint density at radius 3 is 2.67 bits per heavy atom. The molecule has 0 spiro atoms. The third kappa shape index (κ3) is 2.62. The molecule has 2 aromatic carbocycles. The summed E-state index contributed by atoms with van der Waals surface area (Å²) in [4.78, 5) is 10.9. The topological polar surface area (TPSA) is 63.3 Å². The van der Waals surface area contributed by atoms with Gasteiger partial charge in [-0.25, -0.2) is 0 Å². The number of aryl methyl sites for hydroxylation is 1. The molecule has 1 N–H and O–H groups in total. The third-order valence-electron chi connectivity index (χ3n) is 3.28. The second-order valence-corrected chi connectivity index (χ2v) is 5.35. The molecule has 0 unspecified atom stereocenters. The molecule has 1 aromatic heterocycles. The number of aromatic nitrogens is 1. The number of carbonyl (C=O) groups is 1. The number of carboxylic acid groups (broad SMARTS) is 1. The number of rotatable bonds is 3. The van der Waals surface area contributed by atoms with Crippen LogP contribution in [0.15, 0.2) is 40.9 Å². The first kappa shape index (κ1) is 13.6. The summed E-state index contributed by atoms with van der Waals surface area (Å²) in [6.45, 7) is 2.00. The quantitative estimate of drug-likeness (QED) is 0.791. The molecule has 0 saturated heterocycles. The molecule has 5 heteroatoms. The minimum atomic E-state index is -0.932. The summed E-state index contributed by atoms with van der Waals surface area (Å²) >= 11 is 6.09. The van der Waals surface area contributed by atoms with Crippen LogP contribution in [0.5, 0.6) is 0 Å². The summed E-state index contributed by atoms with van der Waals surface area (Å²) in [5, 5.41) is 14.2. The summed E-state index contributed by atoms with van der Waals surface area (Å²) in [5.74, 6) is -0.336. The van der Waals surface area contributed by atoms with E-state index in [1.54, 1.807) is 12.1 Å². The fourth-order valence-electron chi connectivity index (χ4n) is 2.29. The van der Waals surface area contributed by atoms with Crippen LogP contribution in [0.25, 0.3) is 22.2 Å². The smallest absolute Gasteiger partial charge is 0.307 e. The lowest BCUT2D eigenvalue weighted by Crippen LogP contribution is -2.00. The number of aliphatic carboxylic acids is 1. The zero-order chi connectivity index (χ0) is 15.0. The normalized spacial score (nSPS) is 11.0. The number of carboxylic acids is 1. The molecule has 0 fully saturated rings. The third-order valence-corrected chi connectivity index (χ3v) is 3.50. The molecule has 106 valence electrons. The predicted octanol–water partition coefficient (Wildman–Crippen LogP) is 4.08. The van der Waals surface area contributed by atoms with E-state index < -0.39 is 5.97 Å². The van der Waals surface area contributed by atoms with E-state index in [0.29, 0.717) is 21.9 Å². The lowest BCUT2D eigenvalue weighted by Gasteiger charge is -2.01. The molecule has 0 aliphatic carbocycles. The first-order valence-corrected chi connectivity index (χ1v) is 6.79. The van der Waals surface area contributed by atoms with E-state index in [1.165, 1.54) is 0 Å². The molecule has 0 radical (unpaired) electrons. The van der Waals surface area contributed by atoms with Gasteiger partial charge in [-0.2, -0.15) is 0 Å². The Morgan fingerprint density at radius 1 is 1.29 bits per heavy atom. The molecule has 21 heavy (non-hydrogen) atoms. The Bertz CT molecular complexity index is 821. The van der Waals surface area contributed by atoms with Gasteiger partial charge in [0.25, 0.3) is 0 Å². The number of hydrogen-bond donors (Lipinski definition) is 1. The molecule has 1 heterocycles. The Kier molecular flexibility index (Phi) is 3.39. The summed E-state index contributed by atoms with van der Waals surface area (Å²) in [5.41, 5.74) is 3.11. The molecule has 4 nitrogen and oxygen atoms in total. The molecule has 0 saturated carbocycles. The van der Waals surface area contributed by atoms with Gasteiger partial charge < -0.3 is 9.63 Å². The van der Waals surface area contributed by atoms with Gasteiger partial charge in [-0.05, 0) is 24.6 Å². The minimum Gasteiger partial charge on any atom is -0.481 e. The van der Waals surface area contributed by atoms with Gasteiger partial charge in [0.05, 0.1) is 11.8 Å². The van der Waals surface area contributed by atoms with Gasteiger partial charge in [-0.3, -0.25) is 4.79 Å². The maximum absolute atomic E-state index is 10.9. The summed E-state index contributed by atoms with van der Waals surface area (Å²) < 4.78 is 5.42. The van der Waals surface area contributed by atoms with Crippen molar-refractivity contribution in [2.24, 2.45) is 0 Å². The van der Waals surface area contributed by atoms with Crippen molar-refractivity contribution in [3.05, 3.63) is 52.5 Å². The van der Waals surface area contributed by atoms with Crippen molar-refractivity contribution < 1.29 is 14.4 Å². The number of benzene rings is 2. The molecule has 3 rings (SSSR count). The van der Waals surface area contributed by atoms with Gasteiger partial charge in [0.1, 0.15) is 5.52 Å². The molecule has 3 aromatic rings. The Labute approximate surface area is 125 Å². The monoisotopic (exact) mass is 301 g/mol. The van der Waals surface area contributed by atoms with Gasteiger partial charge in [-0.1, -0.05) is 46.6 Å². The van der Waals surface area contributed by atoms with Gasteiger partial charge in [0.2, 0.25) is 0 Å². The van der Waals surface area contributed by atoms with Crippen LogP contribution in [-0.4, -0.2) is 16.2 Å². The number of nitrogens with zero attached hydrogens (tertiary/aromatic N) is 1. The van der Waals surface area contributed by atoms with Gasteiger partial charge in [0, 0.05) is 10.6 Å². The van der Waals surface area contributed by atoms with E-state index in [0.717, 1.165) is 16.5 Å². The highest BCUT2D eigenvalue weighted by Gasteiger charge is 2.16. The van der Waals surface area contributed by atoms with Crippen molar-refractivity contribution in [3.63, 3.8) is 0 Å². The first-order chi connectivity index (χ1) is 10.0. The number of hydrogen-bond acceptors (Lipinski definition) is 3. The fraction of sp³-hybridized carbons (Fsp3) is 0.125. The average molecular weight is 302 g/mol. The molecular formula is C16H12ClNO3. The van der Waals surface area contributed by atoms with Gasteiger partial charge >= 0.3 is 5.97 Å². The Balaban J connectivity index is 2.19. The van der Waals surface area contributed by atoms with Gasteiger partial charge in [-0.15, -0.1) is 0 Å². The fourth-order valence-corrected chi connectivity index (χ4v) is 2.53. The largest absolute Gasteiger partial charge is 0.481 e. The van der Waals surface area contributed by atoms with Crippen LogP contribution < -0.4 is 0 Å². The standard InChI is InChI=1S/C16H12ClNO3/c1-9-2-4-10(5-3-9)16-13-8-12(17)6-11(7-14(19)20)15(13)18-21-16/h2-6,8H,7H2,1H3,(H,19,20). The van der Waals surface area contributed by atoms with Crippen LogP contribution in [0.1, 0.15) is 11.1 Å². The maximum atomic E-state index is 10.9. The summed E-state index contributed by atoms with van der Waals surface area (Å²) in [6, 6.07) is 11.2. The van der Waals surface area contributed by atoms with E-state index in [4.69, 9.17) is 21.2 Å². The lowest BCUT2D eigenvalue weighted by molar-refractivity contribution is -0.136. The van der Waals surface area contributed by atoms with Crippen molar-refractivity contribution >= 4 is 28.5 Å². The van der Waals surface area contributed by atoms with E-state index in [1.807, 2.05) is 31.2 Å². The van der Waals surface area contributed by atoms with Crippen molar-refractivity contribution in [1.29, 1.82) is 0 Å².